The second-order valence-corrected chi connectivity index (χ2v) is 6.17. The van der Waals surface area contributed by atoms with Crippen molar-refractivity contribution < 1.29 is 14.3 Å². The quantitative estimate of drug-likeness (QED) is 0.804. The fraction of sp³-hybridized carbons (Fsp3) is 0.222. The highest BCUT2D eigenvalue weighted by Crippen LogP contribution is 2.41. The maximum absolute atomic E-state index is 12.3. The average Bonchev–Trinajstić information content (AvgIpc) is 2.97. The number of carbonyl (C=O) groups excluding carboxylic acids is 2. The lowest BCUT2D eigenvalue weighted by Gasteiger charge is -2.24. The first-order valence-electron chi connectivity index (χ1n) is 7.46. The summed E-state index contributed by atoms with van der Waals surface area (Å²) in [5.41, 5.74) is 2.38. The highest BCUT2D eigenvalue weighted by atomic mass is 32.2. The van der Waals surface area contributed by atoms with Gasteiger partial charge in [-0.3, -0.25) is 9.69 Å². The Kier molecular flexibility index (Phi) is 4.67. The first-order valence-corrected chi connectivity index (χ1v) is 8.51. The van der Waals surface area contributed by atoms with Gasteiger partial charge in [-0.25, -0.2) is 4.79 Å². The minimum absolute atomic E-state index is 0.0304. The Bertz CT molecular complexity index is 700. The van der Waals surface area contributed by atoms with Gasteiger partial charge in [0.15, 0.2) is 0 Å². The predicted molar refractivity (Wildman–Crippen MR) is 91.5 cm³/mol. The second-order valence-electron chi connectivity index (χ2n) is 5.11. The third-order valence-corrected chi connectivity index (χ3v) is 4.82. The largest absolute Gasteiger partial charge is 0.462 e. The third-order valence-electron chi connectivity index (χ3n) is 3.61. The number of carbonyl (C=O) groups is 2. The van der Waals surface area contributed by atoms with Gasteiger partial charge in [-0.1, -0.05) is 30.3 Å². The molecule has 0 aromatic heterocycles. The summed E-state index contributed by atoms with van der Waals surface area (Å²) in [7, 11) is 0. The molecule has 1 aliphatic rings. The molecule has 2 aromatic rings. The maximum atomic E-state index is 12.3. The number of nitrogens with zero attached hydrogens (tertiary/aromatic N) is 1. The van der Waals surface area contributed by atoms with Gasteiger partial charge in [0.2, 0.25) is 5.91 Å². The van der Waals surface area contributed by atoms with Gasteiger partial charge >= 0.3 is 5.97 Å². The zero-order valence-corrected chi connectivity index (χ0v) is 13.6. The Morgan fingerprint density at radius 1 is 1.17 bits per heavy atom. The molecule has 1 aliphatic heterocycles. The molecule has 2 aromatic carbocycles. The van der Waals surface area contributed by atoms with Gasteiger partial charge in [0.05, 0.1) is 17.9 Å². The molecule has 1 heterocycles. The summed E-state index contributed by atoms with van der Waals surface area (Å²) in [5, 5.41) is -0.0304. The van der Waals surface area contributed by atoms with E-state index in [1.165, 1.54) is 0 Å². The number of rotatable bonds is 4. The molecule has 0 radical (unpaired) electrons. The van der Waals surface area contributed by atoms with Crippen LogP contribution in [0.2, 0.25) is 0 Å². The van der Waals surface area contributed by atoms with Gasteiger partial charge in [0.1, 0.15) is 5.37 Å². The standard InChI is InChI=1S/C18H17NO3S/c1-2-22-18(21)14-8-10-15(11-9-14)19-16(20)12-23-17(19)13-6-4-3-5-7-13/h3-11,17H,2,12H2,1H3/t17-/m1/s1. The van der Waals surface area contributed by atoms with Crippen LogP contribution >= 0.6 is 11.8 Å². The lowest BCUT2D eigenvalue weighted by molar-refractivity contribution is -0.115. The van der Waals surface area contributed by atoms with Crippen LogP contribution < -0.4 is 4.90 Å². The van der Waals surface area contributed by atoms with Crippen LogP contribution in [0.15, 0.2) is 54.6 Å². The molecule has 0 N–H and O–H groups in total. The molecule has 0 unspecified atom stereocenters. The lowest BCUT2D eigenvalue weighted by atomic mass is 10.1. The number of ether oxygens (including phenoxy) is 1. The van der Waals surface area contributed by atoms with E-state index in [2.05, 4.69) is 0 Å². The molecule has 0 aliphatic carbocycles. The second kappa shape index (κ2) is 6.87. The van der Waals surface area contributed by atoms with Crippen molar-refractivity contribution in [3.8, 4) is 0 Å². The highest BCUT2D eigenvalue weighted by Gasteiger charge is 2.33. The Morgan fingerprint density at radius 3 is 2.52 bits per heavy atom. The fourth-order valence-corrected chi connectivity index (χ4v) is 3.72. The molecule has 0 bridgehead atoms. The van der Waals surface area contributed by atoms with Crippen LogP contribution in [0.5, 0.6) is 0 Å². The monoisotopic (exact) mass is 327 g/mol. The summed E-state index contributed by atoms with van der Waals surface area (Å²) in [6.07, 6.45) is 0. The molecule has 5 heteroatoms. The SMILES string of the molecule is CCOC(=O)c1ccc(N2C(=O)CS[C@@H]2c2ccccc2)cc1. The van der Waals surface area contributed by atoms with Crippen molar-refractivity contribution in [2.24, 2.45) is 0 Å². The average molecular weight is 327 g/mol. The predicted octanol–water partition coefficient (Wildman–Crippen LogP) is 3.64. The Balaban J connectivity index is 1.86. The zero-order valence-electron chi connectivity index (χ0n) is 12.8. The number of thioether (sulfide) groups is 1. The number of hydrogen-bond acceptors (Lipinski definition) is 4. The van der Waals surface area contributed by atoms with Crippen LogP contribution in [0.3, 0.4) is 0 Å². The third kappa shape index (κ3) is 3.24. The zero-order chi connectivity index (χ0) is 16.2. The van der Waals surface area contributed by atoms with Gasteiger partial charge in [-0.15, -0.1) is 11.8 Å². The number of benzene rings is 2. The summed E-state index contributed by atoms with van der Waals surface area (Å²) in [6.45, 7) is 2.12. The van der Waals surface area contributed by atoms with Crippen LogP contribution in [0, 0.1) is 0 Å². The van der Waals surface area contributed by atoms with Gasteiger partial charge in [-0.05, 0) is 36.8 Å². The normalized spacial score (nSPS) is 17.3. The molecule has 1 fully saturated rings. The van der Waals surface area contributed by atoms with Gasteiger partial charge in [0.25, 0.3) is 0 Å². The van der Waals surface area contributed by atoms with Crippen LogP contribution in [0.25, 0.3) is 0 Å². The first kappa shape index (κ1) is 15.6. The number of esters is 1. The van der Waals surface area contributed by atoms with Gasteiger partial charge in [0, 0.05) is 5.69 Å². The lowest BCUT2D eigenvalue weighted by Crippen LogP contribution is -2.27. The summed E-state index contributed by atoms with van der Waals surface area (Å²) in [5.74, 6) is 0.188. The molecular formula is C18H17NO3S. The topological polar surface area (TPSA) is 46.6 Å². The molecule has 1 atom stereocenters. The highest BCUT2D eigenvalue weighted by molar-refractivity contribution is 8.00. The van der Waals surface area contributed by atoms with Gasteiger partial charge in [-0.2, -0.15) is 0 Å². The fourth-order valence-electron chi connectivity index (χ4n) is 2.54. The molecule has 4 nitrogen and oxygen atoms in total. The molecule has 0 spiro atoms. The van der Waals surface area contributed by atoms with Crippen LogP contribution in [-0.4, -0.2) is 24.2 Å². The van der Waals surface area contributed by atoms with E-state index in [9.17, 15) is 9.59 Å². The molecule has 118 valence electrons. The van der Waals surface area contributed by atoms with Crippen LogP contribution in [0.1, 0.15) is 28.2 Å². The van der Waals surface area contributed by atoms with Crippen LogP contribution in [-0.2, 0) is 9.53 Å². The minimum Gasteiger partial charge on any atom is -0.462 e. The summed E-state index contributed by atoms with van der Waals surface area (Å²) < 4.78 is 4.98. The maximum Gasteiger partial charge on any atom is 0.338 e. The van der Waals surface area contributed by atoms with Crippen molar-refractivity contribution in [3.05, 3.63) is 65.7 Å². The van der Waals surface area contributed by atoms with E-state index >= 15 is 0 Å². The molecule has 3 rings (SSSR count). The molecule has 1 saturated heterocycles. The Labute approximate surface area is 139 Å². The van der Waals surface area contributed by atoms with Crippen molar-refractivity contribution in [1.82, 2.24) is 0 Å². The van der Waals surface area contributed by atoms with E-state index in [1.807, 2.05) is 30.3 Å². The van der Waals surface area contributed by atoms with Crippen molar-refractivity contribution in [2.45, 2.75) is 12.3 Å². The van der Waals surface area contributed by atoms with E-state index in [0.29, 0.717) is 17.9 Å². The Hall–Kier alpha value is -2.27. The molecular weight excluding hydrogens is 310 g/mol. The van der Waals surface area contributed by atoms with Crippen molar-refractivity contribution >= 4 is 29.3 Å². The summed E-state index contributed by atoms with van der Waals surface area (Å²) in [6, 6.07) is 17.0. The number of hydrogen-bond donors (Lipinski definition) is 0. The van der Waals surface area contributed by atoms with Gasteiger partial charge < -0.3 is 4.74 Å². The molecule has 0 saturated carbocycles. The smallest absolute Gasteiger partial charge is 0.338 e. The summed E-state index contributed by atoms with van der Waals surface area (Å²) in [4.78, 5) is 25.8. The van der Waals surface area contributed by atoms with Crippen molar-refractivity contribution in [2.75, 3.05) is 17.3 Å². The minimum atomic E-state index is -0.346. The van der Waals surface area contributed by atoms with Crippen molar-refractivity contribution in [1.29, 1.82) is 0 Å². The Morgan fingerprint density at radius 2 is 1.87 bits per heavy atom. The van der Waals surface area contributed by atoms with Crippen LogP contribution in [0.4, 0.5) is 5.69 Å². The number of anilines is 1. The van der Waals surface area contributed by atoms with E-state index in [0.717, 1.165) is 11.3 Å². The van der Waals surface area contributed by atoms with E-state index in [4.69, 9.17) is 4.74 Å². The van der Waals surface area contributed by atoms with E-state index in [-0.39, 0.29) is 17.3 Å². The van der Waals surface area contributed by atoms with Crippen molar-refractivity contribution in [3.63, 3.8) is 0 Å². The molecule has 23 heavy (non-hydrogen) atoms. The van der Waals surface area contributed by atoms with E-state index in [1.54, 1.807) is 47.9 Å². The van der Waals surface area contributed by atoms with E-state index < -0.39 is 0 Å². The molecule has 1 amide bonds. The summed E-state index contributed by atoms with van der Waals surface area (Å²) >= 11 is 1.61. The first-order chi connectivity index (χ1) is 11.2. The number of amides is 1.